The van der Waals surface area contributed by atoms with Gasteiger partial charge in [-0.25, -0.2) is 8.42 Å². The minimum absolute atomic E-state index is 0.0131. The summed E-state index contributed by atoms with van der Waals surface area (Å²) in [4.78, 5) is 70.1. The van der Waals surface area contributed by atoms with Crippen LogP contribution in [0.4, 0.5) is 26.3 Å². The average molecular weight is 918 g/mol. The number of hydrogen-bond acceptors (Lipinski definition) is 10. The fourth-order valence-corrected chi connectivity index (χ4v) is 9.67. The summed E-state index contributed by atoms with van der Waals surface area (Å²) in [6.07, 6.45) is -4.55. The van der Waals surface area contributed by atoms with Crippen LogP contribution in [0, 0.1) is 22.2 Å². The second-order valence-electron chi connectivity index (χ2n) is 17.8. The van der Waals surface area contributed by atoms with Crippen LogP contribution in [0.1, 0.15) is 73.4 Å². The van der Waals surface area contributed by atoms with Crippen molar-refractivity contribution in [1.82, 2.24) is 34.9 Å². The minimum Gasteiger partial charge on any atom is -0.378 e. The van der Waals surface area contributed by atoms with Gasteiger partial charge in [0.05, 0.1) is 61.5 Å². The molecule has 0 radical (unpaired) electrons. The number of carbonyl (C=O) groups is 5. The quantitative estimate of drug-likeness (QED) is 0.224. The molecule has 2 aliphatic carbocycles. The van der Waals surface area contributed by atoms with Crippen LogP contribution >= 0.6 is 0 Å². The highest BCUT2D eigenvalue weighted by Gasteiger charge is 2.71. The third kappa shape index (κ3) is 9.98. The number of aromatic nitrogens is 2. The van der Waals surface area contributed by atoms with Crippen molar-refractivity contribution in [1.29, 1.82) is 0 Å². The van der Waals surface area contributed by atoms with Gasteiger partial charge in [0, 0.05) is 56.2 Å². The largest absolute Gasteiger partial charge is 0.416 e. The van der Waals surface area contributed by atoms with E-state index in [1.807, 2.05) is 0 Å². The Labute approximate surface area is 358 Å². The first kappa shape index (κ1) is 46.2. The van der Waals surface area contributed by atoms with E-state index >= 15 is 0 Å². The number of nitrogens with one attached hydrogen (secondary N) is 3. The van der Waals surface area contributed by atoms with Crippen molar-refractivity contribution in [3.63, 3.8) is 0 Å². The molecule has 1 aromatic heterocycles. The number of sulfonamides is 1. The molecule has 8 rings (SSSR count). The lowest BCUT2D eigenvalue weighted by atomic mass is 9.70. The lowest BCUT2D eigenvalue weighted by Crippen LogP contribution is -2.67. The number of rotatable bonds is 15. The van der Waals surface area contributed by atoms with Crippen LogP contribution in [0.3, 0.4) is 0 Å². The number of ether oxygens (including phenoxy) is 2. The predicted octanol–water partition coefficient (Wildman–Crippen LogP) is 2.62. The van der Waals surface area contributed by atoms with Crippen LogP contribution in [0.15, 0.2) is 36.7 Å². The lowest BCUT2D eigenvalue weighted by molar-refractivity contribution is -0.205. The molecule has 63 heavy (non-hydrogen) atoms. The van der Waals surface area contributed by atoms with Crippen LogP contribution < -0.4 is 15.4 Å². The summed E-state index contributed by atoms with van der Waals surface area (Å²) in [5.41, 5.74) is -4.37. The van der Waals surface area contributed by atoms with Crippen molar-refractivity contribution < 1.29 is 68.2 Å². The van der Waals surface area contributed by atoms with E-state index in [0.717, 1.165) is 49.0 Å². The van der Waals surface area contributed by atoms with Gasteiger partial charge in [-0.15, -0.1) is 0 Å². The molecule has 4 aliphatic heterocycles. The number of nitrogens with zero attached hydrogens (tertiary/aromatic N) is 4. The van der Waals surface area contributed by atoms with E-state index in [9.17, 15) is 58.7 Å². The van der Waals surface area contributed by atoms with Crippen LogP contribution in [0.2, 0.25) is 0 Å². The van der Waals surface area contributed by atoms with E-state index in [2.05, 4.69) is 15.7 Å². The normalized spacial score (nSPS) is 24.6. The highest BCUT2D eigenvalue weighted by Crippen LogP contribution is 2.60. The van der Waals surface area contributed by atoms with E-state index in [4.69, 9.17) is 9.47 Å². The van der Waals surface area contributed by atoms with Crippen LogP contribution in [0.25, 0.3) is 0 Å². The van der Waals surface area contributed by atoms with E-state index in [1.165, 1.54) is 34.1 Å². The Kier molecular flexibility index (Phi) is 12.5. The molecule has 4 saturated heterocycles. The molecule has 2 saturated carbocycles. The molecule has 23 heteroatoms. The number of alkyl halides is 6. The Morgan fingerprint density at radius 2 is 1.62 bits per heavy atom. The van der Waals surface area contributed by atoms with Gasteiger partial charge in [0.2, 0.25) is 33.7 Å². The van der Waals surface area contributed by atoms with E-state index in [0.29, 0.717) is 12.2 Å². The molecule has 3 N–H and O–H groups in total. The number of benzene rings is 1. The smallest absolute Gasteiger partial charge is 0.378 e. The van der Waals surface area contributed by atoms with Gasteiger partial charge < -0.3 is 29.9 Å². The topological polar surface area (TPSA) is 198 Å². The maximum atomic E-state index is 14.5. The van der Waals surface area contributed by atoms with Gasteiger partial charge in [-0.2, -0.15) is 31.4 Å². The van der Waals surface area contributed by atoms with Crippen LogP contribution in [-0.2, 0) is 51.4 Å². The lowest BCUT2D eigenvalue weighted by Gasteiger charge is -2.51. The molecule has 16 nitrogen and oxygen atoms in total. The molecular weight excluding hydrogens is 869 g/mol. The standard InChI is InChI=1S/C40H49F6N7O9S/c1-24(61-22-36-10-7-28(8-11-36)62-23-36)31(33(56)47-14-9-30(54)50-63(2,59)60)49-32(55)29-18-51(19-37(29)20-52(21-37)35(58)38(12-13-38)40(44,45)46)34(57)26-15-48-53(17-26)16-25-3-5-27(6-4-25)39(41,42)43/h3-6,15,17,24,28-29,31H,7-14,16,18-23H2,1-2H3,(H,47,56)(H,49,55)(H,50,54)/t24-,28?,29+,31+,36?/m1/s1. The van der Waals surface area contributed by atoms with Crippen LogP contribution in [-0.4, -0.2) is 134 Å². The number of fused-ring (bicyclic) bond motifs is 3. The highest BCUT2D eigenvalue weighted by atomic mass is 32.2. The summed E-state index contributed by atoms with van der Waals surface area (Å²) >= 11 is 0. The van der Waals surface area contributed by atoms with Crippen molar-refractivity contribution >= 4 is 39.6 Å². The molecule has 2 bridgehead atoms. The molecule has 6 aliphatic rings. The minimum atomic E-state index is -4.79. The molecule has 2 aromatic rings. The second kappa shape index (κ2) is 17.0. The molecule has 5 heterocycles. The highest BCUT2D eigenvalue weighted by molar-refractivity contribution is 7.89. The summed E-state index contributed by atoms with van der Waals surface area (Å²) in [5.74, 6) is -5.29. The fourth-order valence-electron chi connectivity index (χ4n) is 9.15. The molecule has 1 aromatic carbocycles. The number of carbonyl (C=O) groups excluding carboxylic acids is 5. The van der Waals surface area contributed by atoms with Gasteiger partial charge in [-0.1, -0.05) is 12.1 Å². The average Bonchev–Trinajstić information content (AvgIpc) is 3.75. The third-order valence-corrected chi connectivity index (χ3v) is 13.6. The number of likely N-dealkylation sites (tertiary alicyclic amines) is 2. The maximum Gasteiger partial charge on any atom is 0.416 e. The van der Waals surface area contributed by atoms with Gasteiger partial charge in [-0.05, 0) is 63.1 Å². The summed E-state index contributed by atoms with van der Waals surface area (Å²) < 4.78 is 120. The van der Waals surface area contributed by atoms with Crippen molar-refractivity contribution in [3.8, 4) is 0 Å². The first-order valence-electron chi connectivity index (χ1n) is 20.6. The molecule has 1 spiro atoms. The van der Waals surface area contributed by atoms with E-state index in [-0.39, 0.29) is 75.8 Å². The Balaban J connectivity index is 1.09. The Bertz CT molecular complexity index is 2190. The summed E-state index contributed by atoms with van der Waals surface area (Å²) in [6, 6.07) is 2.98. The third-order valence-electron chi connectivity index (χ3n) is 13.0. The maximum absolute atomic E-state index is 14.5. The summed E-state index contributed by atoms with van der Waals surface area (Å²) in [6.45, 7) is 0.898. The van der Waals surface area contributed by atoms with Crippen molar-refractivity contribution in [2.24, 2.45) is 22.2 Å². The summed E-state index contributed by atoms with van der Waals surface area (Å²) in [7, 11) is -3.87. The van der Waals surface area contributed by atoms with Gasteiger partial charge in [-0.3, -0.25) is 33.4 Å². The van der Waals surface area contributed by atoms with Crippen LogP contribution in [0.5, 0.6) is 0 Å². The molecule has 5 amide bonds. The van der Waals surface area contributed by atoms with Crippen molar-refractivity contribution in [2.45, 2.75) is 89.0 Å². The Morgan fingerprint density at radius 1 is 0.968 bits per heavy atom. The zero-order valence-corrected chi connectivity index (χ0v) is 35.3. The zero-order chi connectivity index (χ0) is 45.8. The molecular formula is C40H49F6N7O9S. The number of amides is 5. The SMILES string of the molecule is C[C@@H](OCC12CCC(CC1)OC2)[C@H](NC(=O)[C@@H]1CN(C(=O)c2cnn(Cc3ccc(C(F)(F)F)cc3)c2)CC12CN(C(=O)C1(C(F)(F)F)CC1)C2)C(=O)NCCC(=O)NS(C)(=O)=O. The molecule has 6 fully saturated rings. The molecule has 346 valence electrons. The Morgan fingerprint density at radius 3 is 2.19 bits per heavy atom. The Hall–Kier alpha value is -4.77. The number of hydrogen-bond donors (Lipinski definition) is 3. The van der Waals surface area contributed by atoms with E-state index < -0.39 is 92.8 Å². The van der Waals surface area contributed by atoms with Crippen molar-refractivity contribution in [2.75, 3.05) is 52.2 Å². The monoisotopic (exact) mass is 917 g/mol. The van der Waals surface area contributed by atoms with Gasteiger partial charge in [0.1, 0.15) is 11.5 Å². The predicted molar refractivity (Wildman–Crippen MR) is 208 cm³/mol. The fraction of sp³-hybridized carbons (Fsp3) is 0.650. The van der Waals surface area contributed by atoms with E-state index in [1.54, 1.807) is 11.6 Å². The molecule has 3 atom stereocenters. The van der Waals surface area contributed by atoms with Gasteiger partial charge in [0.15, 0.2) is 0 Å². The van der Waals surface area contributed by atoms with Crippen molar-refractivity contribution in [3.05, 3.63) is 53.3 Å². The summed E-state index contributed by atoms with van der Waals surface area (Å²) in [5, 5.41) is 9.44. The van der Waals surface area contributed by atoms with Gasteiger partial charge in [0.25, 0.3) is 5.91 Å². The zero-order valence-electron chi connectivity index (χ0n) is 34.5. The molecule has 0 unspecified atom stereocenters. The second-order valence-corrected chi connectivity index (χ2v) is 19.6. The van der Waals surface area contributed by atoms with Gasteiger partial charge >= 0.3 is 12.4 Å². The first-order chi connectivity index (χ1) is 29.4. The number of halogens is 6. The first-order valence-corrected chi connectivity index (χ1v) is 22.5.